The molecule has 3 N–H and O–H groups in total. The average molecular weight is 529 g/mol. The van der Waals surface area contributed by atoms with Crippen molar-refractivity contribution in [1.29, 1.82) is 0 Å². The van der Waals surface area contributed by atoms with Crippen LogP contribution in [0.1, 0.15) is 55.1 Å². The number of nitrogens with one attached hydrogen (secondary N) is 1. The highest BCUT2D eigenvalue weighted by molar-refractivity contribution is 6.06. The highest BCUT2D eigenvalue weighted by Gasteiger charge is 2.27. The molecule has 0 saturated carbocycles. The van der Waals surface area contributed by atoms with E-state index in [4.69, 9.17) is 15.2 Å². The molecule has 1 aliphatic rings. The van der Waals surface area contributed by atoms with Crippen LogP contribution in [0.2, 0.25) is 0 Å². The molecule has 1 aliphatic heterocycles. The normalized spacial score (nSPS) is 14.1. The van der Waals surface area contributed by atoms with Gasteiger partial charge in [0.05, 0.1) is 6.20 Å². The van der Waals surface area contributed by atoms with Gasteiger partial charge in [-0.15, -0.1) is 5.10 Å². The maximum Gasteiger partial charge on any atom is 0.256 e. The van der Waals surface area contributed by atoms with Crippen LogP contribution in [0.5, 0.6) is 17.4 Å². The van der Waals surface area contributed by atoms with Crippen LogP contribution in [0.25, 0.3) is 5.65 Å². The minimum absolute atomic E-state index is 0.196. The van der Waals surface area contributed by atoms with Crippen LogP contribution in [0.15, 0.2) is 54.7 Å². The lowest BCUT2D eigenvalue weighted by Gasteiger charge is -2.26. The first-order valence-electron chi connectivity index (χ1n) is 13.4. The van der Waals surface area contributed by atoms with Crippen molar-refractivity contribution in [3.8, 4) is 17.4 Å². The number of nitrogen functional groups attached to an aromatic ring is 1. The molecular formula is C30H36N6O3. The number of aromatic nitrogens is 3. The van der Waals surface area contributed by atoms with Crippen LogP contribution in [0, 0.1) is 6.92 Å². The summed E-state index contributed by atoms with van der Waals surface area (Å²) in [6.07, 6.45) is 4.13. The zero-order chi connectivity index (χ0) is 27.6. The molecule has 1 fully saturated rings. The van der Waals surface area contributed by atoms with E-state index in [1.807, 2.05) is 37.3 Å². The van der Waals surface area contributed by atoms with Crippen molar-refractivity contribution in [2.24, 2.45) is 0 Å². The van der Waals surface area contributed by atoms with Crippen molar-refractivity contribution < 1.29 is 14.3 Å². The van der Waals surface area contributed by atoms with Gasteiger partial charge >= 0.3 is 0 Å². The number of rotatable bonds is 8. The molecule has 2 aromatic heterocycles. The number of ether oxygens (including phenoxy) is 2. The van der Waals surface area contributed by atoms with Crippen LogP contribution in [0.4, 0.5) is 11.5 Å². The third-order valence-electron chi connectivity index (χ3n) is 6.88. The Hall–Kier alpha value is -4.11. The van der Waals surface area contributed by atoms with Gasteiger partial charge < -0.3 is 20.5 Å². The number of aryl methyl sites for hydroxylation is 1. The summed E-state index contributed by atoms with van der Waals surface area (Å²) in [5, 5.41) is 7.49. The van der Waals surface area contributed by atoms with Gasteiger partial charge in [0.2, 0.25) is 5.88 Å². The van der Waals surface area contributed by atoms with E-state index in [0.717, 1.165) is 36.5 Å². The molecular weight excluding hydrogens is 492 g/mol. The van der Waals surface area contributed by atoms with E-state index in [2.05, 4.69) is 41.1 Å². The van der Waals surface area contributed by atoms with Gasteiger partial charge in [0.25, 0.3) is 5.91 Å². The van der Waals surface area contributed by atoms with Crippen LogP contribution in [-0.4, -0.2) is 51.6 Å². The Bertz CT molecular complexity index is 1480. The summed E-state index contributed by atoms with van der Waals surface area (Å²) in [4.78, 5) is 20.2. The van der Waals surface area contributed by atoms with Crippen LogP contribution in [0.3, 0.4) is 0 Å². The zero-order valence-electron chi connectivity index (χ0n) is 23.0. The largest absolute Gasteiger partial charge is 0.492 e. The smallest absolute Gasteiger partial charge is 0.256 e. The fourth-order valence-corrected chi connectivity index (χ4v) is 4.95. The van der Waals surface area contributed by atoms with E-state index in [-0.39, 0.29) is 11.3 Å². The quantitative estimate of drug-likeness (QED) is 0.314. The SMILES string of the molecule is Cc1ccc(Oc2ccc3nc(N)cn3n2)cc1NC(=O)c1cccc(OCCN2CCCC2)c1C(C)(C)C. The summed E-state index contributed by atoms with van der Waals surface area (Å²) in [5.41, 5.74) is 9.16. The fourth-order valence-electron chi connectivity index (χ4n) is 4.95. The monoisotopic (exact) mass is 528 g/mol. The first-order valence-corrected chi connectivity index (χ1v) is 13.4. The second-order valence-electron chi connectivity index (χ2n) is 11.0. The first kappa shape index (κ1) is 26.5. The van der Waals surface area contributed by atoms with Crippen molar-refractivity contribution in [3.63, 3.8) is 0 Å². The Balaban J connectivity index is 1.35. The molecule has 0 radical (unpaired) electrons. The minimum Gasteiger partial charge on any atom is -0.492 e. The average Bonchev–Trinajstić information content (AvgIpc) is 3.53. The molecule has 3 heterocycles. The Morgan fingerprint density at radius 2 is 1.90 bits per heavy atom. The van der Waals surface area contributed by atoms with Gasteiger partial charge in [0, 0.05) is 35.5 Å². The maximum absolute atomic E-state index is 13.6. The number of hydrogen-bond donors (Lipinski definition) is 2. The summed E-state index contributed by atoms with van der Waals surface area (Å²) in [6, 6.07) is 14.7. The van der Waals surface area contributed by atoms with Gasteiger partial charge in [0.15, 0.2) is 5.65 Å². The molecule has 0 unspecified atom stereocenters. The number of likely N-dealkylation sites (tertiary alicyclic amines) is 1. The minimum atomic E-state index is -0.294. The lowest BCUT2D eigenvalue weighted by atomic mass is 9.82. The van der Waals surface area contributed by atoms with Crippen molar-refractivity contribution in [3.05, 3.63) is 71.4 Å². The van der Waals surface area contributed by atoms with Crippen molar-refractivity contribution in [1.82, 2.24) is 19.5 Å². The van der Waals surface area contributed by atoms with E-state index < -0.39 is 0 Å². The Kier molecular flexibility index (Phi) is 7.43. The van der Waals surface area contributed by atoms with E-state index in [9.17, 15) is 4.79 Å². The summed E-state index contributed by atoms with van der Waals surface area (Å²) >= 11 is 0. The highest BCUT2D eigenvalue weighted by atomic mass is 16.5. The van der Waals surface area contributed by atoms with Crippen LogP contribution in [-0.2, 0) is 5.41 Å². The first-order chi connectivity index (χ1) is 18.7. The Labute approximate surface area is 228 Å². The fraction of sp³-hybridized carbons (Fsp3) is 0.367. The Morgan fingerprint density at radius 1 is 1.10 bits per heavy atom. The summed E-state index contributed by atoms with van der Waals surface area (Å²) in [7, 11) is 0. The van der Waals surface area contributed by atoms with Crippen molar-refractivity contribution in [2.45, 2.75) is 46.0 Å². The molecule has 0 atom stereocenters. The molecule has 0 aliphatic carbocycles. The van der Waals surface area contributed by atoms with Gasteiger partial charge in [-0.3, -0.25) is 9.69 Å². The van der Waals surface area contributed by atoms with E-state index in [0.29, 0.717) is 41.0 Å². The van der Waals surface area contributed by atoms with Crippen LogP contribution < -0.4 is 20.5 Å². The maximum atomic E-state index is 13.6. The molecule has 1 amide bonds. The second-order valence-corrected chi connectivity index (χ2v) is 11.0. The third kappa shape index (κ3) is 6.15. The van der Waals surface area contributed by atoms with Gasteiger partial charge in [0.1, 0.15) is 23.9 Å². The molecule has 9 heteroatoms. The predicted octanol–water partition coefficient (Wildman–Crippen LogP) is 5.44. The highest BCUT2D eigenvalue weighted by Crippen LogP contribution is 2.35. The second kappa shape index (κ2) is 10.9. The number of fused-ring (bicyclic) bond motifs is 1. The standard InChI is InChI=1S/C30H36N6O3/c1-20-10-11-21(39-27-13-12-26-33-25(31)19-36(26)34-27)18-23(20)32-29(37)22-8-7-9-24(28(22)30(2,3)4)38-17-16-35-14-5-6-15-35/h7-13,18-19H,5-6,14-17,31H2,1-4H3,(H,32,37). The topological polar surface area (TPSA) is 107 Å². The number of nitrogens with two attached hydrogens (primary N) is 1. The predicted molar refractivity (Wildman–Crippen MR) is 153 cm³/mol. The number of hydrogen-bond acceptors (Lipinski definition) is 7. The summed E-state index contributed by atoms with van der Waals surface area (Å²) < 4.78 is 13.8. The molecule has 39 heavy (non-hydrogen) atoms. The molecule has 2 aromatic carbocycles. The number of carbonyl (C=O) groups is 1. The summed E-state index contributed by atoms with van der Waals surface area (Å²) in [6.45, 7) is 12.0. The van der Waals surface area contributed by atoms with Gasteiger partial charge in [-0.25, -0.2) is 9.50 Å². The van der Waals surface area contributed by atoms with Gasteiger partial charge in [-0.05, 0) is 68.1 Å². The summed E-state index contributed by atoms with van der Waals surface area (Å²) in [5.74, 6) is 1.87. The molecule has 204 valence electrons. The van der Waals surface area contributed by atoms with Crippen LogP contribution >= 0.6 is 0 Å². The zero-order valence-corrected chi connectivity index (χ0v) is 23.0. The van der Waals surface area contributed by atoms with Gasteiger partial charge in [-0.2, -0.15) is 0 Å². The molecule has 0 bridgehead atoms. The van der Waals surface area contributed by atoms with Crippen molar-refractivity contribution in [2.75, 3.05) is 37.3 Å². The number of imidazole rings is 1. The third-order valence-corrected chi connectivity index (χ3v) is 6.88. The molecule has 4 aromatic rings. The lowest BCUT2D eigenvalue weighted by molar-refractivity contribution is 0.102. The number of nitrogens with zero attached hydrogens (tertiary/aromatic N) is 4. The van der Waals surface area contributed by atoms with E-state index >= 15 is 0 Å². The molecule has 0 spiro atoms. The molecule has 1 saturated heterocycles. The van der Waals surface area contributed by atoms with E-state index in [1.54, 1.807) is 28.9 Å². The number of benzene rings is 2. The van der Waals surface area contributed by atoms with Gasteiger partial charge in [-0.1, -0.05) is 32.9 Å². The Morgan fingerprint density at radius 3 is 2.67 bits per heavy atom. The molecule has 9 nitrogen and oxygen atoms in total. The number of amides is 1. The number of anilines is 2. The van der Waals surface area contributed by atoms with E-state index in [1.165, 1.54) is 12.8 Å². The lowest BCUT2D eigenvalue weighted by Crippen LogP contribution is -2.26. The number of carbonyl (C=O) groups excluding carboxylic acids is 1. The van der Waals surface area contributed by atoms with Crippen molar-refractivity contribution >= 4 is 23.1 Å². The molecule has 5 rings (SSSR count).